The molecule has 1 saturated carbocycles. The lowest BCUT2D eigenvalue weighted by molar-refractivity contribution is -0.274. The molecule has 212 valence electrons. The lowest BCUT2D eigenvalue weighted by Crippen LogP contribution is -2.49. The van der Waals surface area contributed by atoms with Crippen LogP contribution in [-0.2, 0) is 0 Å². The molecule has 0 radical (unpaired) electrons. The van der Waals surface area contributed by atoms with Crippen molar-refractivity contribution in [3.05, 3.63) is 54.5 Å². The highest BCUT2D eigenvalue weighted by atomic mass is 19.4. The number of likely N-dealkylation sites (tertiary alicyclic amines) is 2. The number of rotatable bonds is 7. The number of aliphatic hydroxyl groups is 1. The number of ether oxygens (including phenoxy) is 1. The summed E-state index contributed by atoms with van der Waals surface area (Å²) < 4.78 is 44.1. The summed E-state index contributed by atoms with van der Waals surface area (Å²) in [5.74, 6) is 0.134. The molecule has 2 aromatic heterocycles. The molecule has 3 aromatic rings. The summed E-state index contributed by atoms with van der Waals surface area (Å²) in [7, 11) is 0. The van der Waals surface area contributed by atoms with Crippen molar-refractivity contribution in [1.29, 1.82) is 0 Å². The summed E-state index contributed by atoms with van der Waals surface area (Å²) in [6.07, 6.45) is 4.13. The first kappa shape index (κ1) is 26.8. The average molecular weight is 556 g/mol. The van der Waals surface area contributed by atoms with E-state index in [2.05, 4.69) is 14.6 Å². The van der Waals surface area contributed by atoms with Crippen LogP contribution in [0.15, 0.2) is 48.8 Å². The Morgan fingerprint density at radius 3 is 2.35 bits per heavy atom. The Kier molecular flexibility index (Phi) is 7.26. The smallest absolute Gasteiger partial charge is 0.406 e. The maximum absolute atomic E-state index is 14.2. The Labute approximate surface area is 230 Å². The average Bonchev–Trinajstić information content (AvgIpc) is 3.54. The minimum Gasteiger partial charge on any atom is -0.406 e. The van der Waals surface area contributed by atoms with Crippen LogP contribution in [0, 0.1) is 0 Å². The van der Waals surface area contributed by atoms with Crippen LogP contribution in [0.2, 0.25) is 0 Å². The Balaban J connectivity index is 1.33. The number of pyridine rings is 1. The monoisotopic (exact) mass is 555 g/mol. The first-order chi connectivity index (χ1) is 19.3. The second-order valence-corrected chi connectivity index (χ2v) is 10.8. The van der Waals surface area contributed by atoms with Gasteiger partial charge in [0.1, 0.15) is 23.0 Å². The van der Waals surface area contributed by atoms with E-state index in [4.69, 9.17) is 4.98 Å². The van der Waals surface area contributed by atoms with E-state index < -0.39 is 6.36 Å². The van der Waals surface area contributed by atoms with Crippen molar-refractivity contribution in [3.8, 4) is 28.4 Å². The number of halogens is 3. The van der Waals surface area contributed by atoms with Crippen molar-refractivity contribution in [2.24, 2.45) is 0 Å². The van der Waals surface area contributed by atoms with Gasteiger partial charge in [-0.25, -0.2) is 4.98 Å². The molecular formula is C29H32F3N5O3. The van der Waals surface area contributed by atoms with Gasteiger partial charge in [0.15, 0.2) is 0 Å². The van der Waals surface area contributed by atoms with Crippen LogP contribution in [0.1, 0.15) is 55.1 Å². The molecule has 6 rings (SSSR count). The molecule has 0 spiro atoms. The second kappa shape index (κ2) is 10.9. The van der Waals surface area contributed by atoms with Crippen molar-refractivity contribution in [2.45, 2.75) is 63.0 Å². The number of amides is 1. The van der Waals surface area contributed by atoms with Gasteiger partial charge in [-0.05, 0) is 81.5 Å². The predicted octanol–water partition coefficient (Wildman–Crippen LogP) is 4.91. The van der Waals surface area contributed by atoms with Gasteiger partial charge in [0.2, 0.25) is 0 Å². The number of benzene rings is 1. The number of aliphatic hydroxyl groups excluding tert-OH is 1. The molecule has 3 fully saturated rings. The molecule has 1 aromatic carbocycles. The molecule has 1 amide bonds. The first-order valence-electron chi connectivity index (χ1n) is 13.9. The molecule has 1 unspecified atom stereocenters. The summed E-state index contributed by atoms with van der Waals surface area (Å²) in [6.45, 7) is 2.37. The number of aromatic nitrogens is 3. The van der Waals surface area contributed by atoms with Gasteiger partial charge in [-0.3, -0.25) is 14.7 Å². The van der Waals surface area contributed by atoms with E-state index in [-0.39, 0.29) is 30.3 Å². The Morgan fingerprint density at radius 2 is 1.73 bits per heavy atom. The number of hydrogen-bond donors (Lipinski definition) is 1. The number of alkyl halides is 3. The van der Waals surface area contributed by atoms with Gasteiger partial charge in [-0.1, -0.05) is 0 Å². The third-order valence-corrected chi connectivity index (χ3v) is 8.16. The largest absolute Gasteiger partial charge is 0.573 e. The van der Waals surface area contributed by atoms with Crippen LogP contribution in [0.5, 0.6) is 5.75 Å². The van der Waals surface area contributed by atoms with Gasteiger partial charge in [-0.15, -0.1) is 13.2 Å². The van der Waals surface area contributed by atoms with Gasteiger partial charge < -0.3 is 19.3 Å². The fourth-order valence-electron chi connectivity index (χ4n) is 6.12. The molecule has 1 atom stereocenters. The molecule has 1 aliphatic carbocycles. The van der Waals surface area contributed by atoms with Crippen LogP contribution >= 0.6 is 0 Å². The molecule has 40 heavy (non-hydrogen) atoms. The number of carbonyl (C=O) groups is 1. The van der Waals surface area contributed by atoms with Crippen LogP contribution < -0.4 is 4.74 Å². The van der Waals surface area contributed by atoms with Crippen LogP contribution in [-0.4, -0.2) is 80.0 Å². The van der Waals surface area contributed by atoms with Crippen LogP contribution in [0.3, 0.4) is 0 Å². The van der Waals surface area contributed by atoms with E-state index in [1.807, 2.05) is 15.5 Å². The third-order valence-electron chi connectivity index (χ3n) is 8.16. The zero-order valence-corrected chi connectivity index (χ0v) is 22.1. The molecule has 11 heteroatoms. The Hall–Kier alpha value is -3.44. The van der Waals surface area contributed by atoms with E-state index in [1.165, 1.54) is 12.1 Å². The standard InChI is InChI=1S/C29H32F3N5O3/c30-29(31,32)40-24-9-5-19(6-10-24)27-34-25(20-3-1-13-33-17-20)26(37(27)22-7-8-22)28(39)35-15-11-21(12-16-35)36-14-2-4-23(36)18-38/h1,3,5-6,9-10,13,17,21-23,38H,2,4,7-8,11-12,14-16,18H2. The van der Waals surface area contributed by atoms with E-state index >= 15 is 0 Å². The van der Waals surface area contributed by atoms with Gasteiger partial charge in [-0.2, -0.15) is 0 Å². The molecule has 0 bridgehead atoms. The molecule has 3 aliphatic rings. The Bertz CT molecular complexity index is 1330. The van der Waals surface area contributed by atoms with E-state index in [0.29, 0.717) is 47.5 Å². The van der Waals surface area contributed by atoms with Crippen LogP contribution in [0.25, 0.3) is 22.6 Å². The maximum atomic E-state index is 14.2. The fraction of sp³-hybridized carbons (Fsp3) is 0.483. The summed E-state index contributed by atoms with van der Waals surface area (Å²) >= 11 is 0. The highest BCUT2D eigenvalue weighted by Gasteiger charge is 2.38. The van der Waals surface area contributed by atoms with Crippen molar-refractivity contribution >= 4 is 5.91 Å². The van der Waals surface area contributed by atoms with E-state index in [1.54, 1.807) is 30.6 Å². The third kappa shape index (κ3) is 5.44. The topological polar surface area (TPSA) is 83.7 Å². The van der Waals surface area contributed by atoms with Crippen LogP contribution in [0.4, 0.5) is 13.2 Å². The Morgan fingerprint density at radius 1 is 0.975 bits per heavy atom. The second-order valence-electron chi connectivity index (χ2n) is 10.8. The predicted molar refractivity (Wildman–Crippen MR) is 142 cm³/mol. The summed E-state index contributed by atoms with van der Waals surface area (Å²) in [5.41, 5.74) is 2.33. The number of piperidine rings is 1. The first-order valence-corrected chi connectivity index (χ1v) is 13.9. The molecular weight excluding hydrogens is 523 g/mol. The van der Waals surface area contributed by atoms with E-state index in [0.717, 1.165) is 45.1 Å². The summed E-state index contributed by atoms with van der Waals surface area (Å²) in [4.78, 5) is 27.6. The molecule has 4 heterocycles. The fourth-order valence-corrected chi connectivity index (χ4v) is 6.12. The van der Waals surface area contributed by atoms with Crippen molar-refractivity contribution in [2.75, 3.05) is 26.2 Å². The van der Waals surface area contributed by atoms with Gasteiger partial charge in [0.05, 0.1) is 6.61 Å². The highest BCUT2D eigenvalue weighted by Crippen LogP contribution is 2.43. The number of imidazole rings is 1. The summed E-state index contributed by atoms with van der Waals surface area (Å²) in [5, 5.41) is 9.77. The molecule has 2 aliphatic heterocycles. The minimum absolute atomic E-state index is 0.0884. The number of nitrogens with zero attached hydrogens (tertiary/aromatic N) is 5. The number of hydrogen-bond acceptors (Lipinski definition) is 6. The van der Waals surface area contributed by atoms with Crippen molar-refractivity contribution in [3.63, 3.8) is 0 Å². The van der Waals surface area contributed by atoms with Gasteiger partial charge >= 0.3 is 6.36 Å². The quantitative estimate of drug-likeness (QED) is 0.446. The highest BCUT2D eigenvalue weighted by molar-refractivity contribution is 5.99. The zero-order valence-electron chi connectivity index (χ0n) is 22.1. The SMILES string of the molecule is O=C(c1c(-c2cccnc2)nc(-c2ccc(OC(F)(F)F)cc2)n1C1CC1)N1CCC(N2CCCC2CO)CC1. The lowest BCUT2D eigenvalue weighted by atomic mass is 10.0. The summed E-state index contributed by atoms with van der Waals surface area (Å²) in [6, 6.07) is 9.92. The zero-order chi connectivity index (χ0) is 27.9. The van der Waals surface area contributed by atoms with Gasteiger partial charge in [0.25, 0.3) is 5.91 Å². The normalized spacial score (nSPS) is 20.7. The molecule has 2 saturated heterocycles. The van der Waals surface area contributed by atoms with E-state index in [9.17, 15) is 23.1 Å². The van der Waals surface area contributed by atoms with Crippen molar-refractivity contribution in [1.82, 2.24) is 24.3 Å². The van der Waals surface area contributed by atoms with Gasteiger partial charge in [0, 0.05) is 54.7 Å². The molecule has 8 nitrogen and oxygen atoms in total. The number of carbonyl (C=O) groups excluding carboxylic acids is 1. The minimum atomic E-state index is -4.78. The van der Waals surface area contributed by atoms with Crippen molar-refractivity contribution < 1.29 is 27.8 Å². The molecule has 1 N–H and O–H groups in total. The maximum Gasteiger partial charge on any atom is 0.573 e. The lowest BCUT2D eigenvalue weighted by Gasteiger charge is -2.39.